The van der Waals surface area contributed by atoms with Crippen molar-refractivity contribution in [1.82, 2.24) is 14.7 Å². The molecule has 1 aromatic heterocycles. The van der Waals surface area contributed by atoms with Crippen molar-refractivity contribution in [3.05, 3.63) is 66.4 Å². The first-order valence-corrected chi connectivity index (χ1v) is 9.96. The second-order valence-corrected chi connectivity index (χ2v) is 7.59. The maximum Gasteiger partial charge on any atom is 0.221 e. The molecule has 1 amide bonds. The van der Waals surface area contributed by atoms with Gasteiger partial charge in [0.25, 0.3) is 0 Å². The van der Waals surface area contributed by atoms with E-state index in [-0.39, 0.29) is 11.8 Å². The third-order valence-corrected chi connectivity index (χ3v) is 5.31. The van der Waals surface area contributed by atoms with Crippen molar-refractivity contribution in [2.75, 3.05) is 13.1 Å². The molecule has 3 aromatic rings. The van der Waals surface area contributed by atoms with Crippen LogP contribution in [0, 0.1) is 5.92 Å². The van der Waals surface area contributed by atoms with Gasteiger partial charge in [0.05, 0.1) is 11.6 Å². The van der Waals surface area contributed by atoms with Crippen LogP contribution in [0.15, 0.2) is 60.8 Å². The Labute approximate surface area is 170 Å². The number of rotatable bonds is 6. The number of primary amides is 1. The zero-order valence-electron chi connectivity index (χ0n) is 16.6. The molecule has 1 aliphatic heterocycles. The molecule has 0 saturated carbocycles. The Morgan fingerprint density at radius 1 is 1.14 bits per heavy atom. The number of aryl methyl sites for hydroxylation is 1. The van der Waals surface area contributed by atoms with Gasteiger partial charge in [-0.1, -0.05) is 18.2 Å². The summed E-state index contributed by atoms with van der Waals surface area (Å²) in [5.74, 6) is 1.35. The zero-order chi connectivity index (χ0) is 20.2. The maximum atomic E-state index is 11.6. The number of hydrogen-bond donors (Lipinski definition) is 1. The number of ether oxygens (including phenoxy) is 1. The van der Waals surface area contributed by atoms with Gasteiger partial charge in [0.1, 0.15) is 11.5 Å². The van der Waals surface area contributed by atoms with Crippen molar-refractivity contribution in [3.63, 3.8) is 0 Å². The zero-order valence-corrected chi connectivity index (χ0v) is 16.6. The third-order valence-electron chi connectivity index (χ3n) is 5.31. The fourth-order valence-electron chi connectivity index (χ4n) is 3.87. The minimum absolute atomic E-state index is 0.0571. The lowest BCUT2D eigenvalue weighted by molar-refractivity contribution is -0.123. The summed E-state index contributed by atoms with van der Waals surface area (Å²) < 4.78 is 7.72. The molecule has 150 valence electrons. The van der Waals surface area contributed by atoms with E-state index in [0.717, 1.165) is 54.3 Å². The average molecular weight is 390 g/mol. The highest BCUT2D eigenvalue weighted by Gasteiger charge is 2.25. The Morgan fingerprint density at radius 3 is 2.59 bits per heavy atom. The molecule has 29 heavy (non-hydrogen) atoms. The molecule has 6 nitrogen and oxygen atoms in total. The number of para-hydroxylation sites is 1. The summed E-state index contributed by atoms with van der Waals surface area (Å²) in [6, 6.07) is 17.7. The average Bonchev–Trinajstić information content (AvgIpc) is 3.09. The van der Waals surface area contributed by atoms with Gasteiger partial charge in [-0.3, -0.25) is 14.4 Å². The normalized spacial score (nSPS) is 17.2. The fraction of sp³-hybridized carbons (Fsp3) is 0.304. The Kier molecular flexibility index (Phi) is 5.62. The summed E-state index contributed by atoms with van der Waals surface area (Å²) in [5, 5.41) is 4.67. The number of likely N-dealkylation sites (tertiary alicyclic amines) is 1. The molecule has 0 spiro atoms. The van der Waals surface area contributed by atoms with Gasteiger partial charge in [0, 0.05) is 37.5 Å². The van der Waals surface area contributed by atoms with Gasteiger partial charge in [0.15, 0.2) is 0 Å². The van der Waals surface area contributed by atoms with E-state index >= 15 is 0 Å². The number of aromatic nitrogens is 2. The summed E-state index contributed by atoms with van der Waals surface area (Å²) in [4.78, 5) is 13.9. The molecule has 1 fully saturated rings. The van der Waals surface area contributed by atoms with Gasteiger partial charge in [-0.2, -0.15) is 5.10 Å². The first kappa shape index (κ1) is 19.2. The van der Waals surface area contributed by atoms with E-state index in [0.29, 0.717) is 6.54 Å². The van der Waals surface area contributed by atoms with E-state index in [2.05, 4.69) is 16.2 Å². The highest BCUT2D eigenvalue weighted by molar-refractivity contribution is 5.77. The number of nitrogens with zero attached hydrogens (tertiary/aromatic N) is 3. The molecule has 2 N–H and O–H groups in total. The number of carbonyl (C=O) groups excluding carboxylic acids is 1. The number of piperidine rings is 1. The molecule has 1 atom stereocenters. The van der Waals surface area contributed by atoms with Crippen LogP contribution in [-0.4, -0.2) is 33.7 Å². The molecule has 2 heterocycles. The molecule has 0 bridgehead atoms. The lowest BCUT2D eigenvalue weighted by Gasteiger charge is -2.31. The number of benzene rings is 2. The second-order valence-electron chi connectivity index (χ2n) is 7.59. The van der Waals surface area contributed by atoms with E-state index < -0.39 is 0 Å². The van der Waals surface area contributed by atoms with Crippen molar-refractivity contribution in [3.8, 4) is 22.8 Å². The summed E-state index contributed by atoms with van der Waals surface area (Å²) >= 11 is 0. The number of hydrogen-bond acceptors (Lipinski definition) is 4. The largest absolute Gasteiger partial charge is 0.457 e. The third kappa shape index (κ3) is 4.66. The van der Waals surface area contributed by atoms with Crippen LogP contribution >= 0.6 is 0 Å². The summed E-state index contributed by atoms with van der Waals surface area (Å²) in [7, 11) is 1.93. The predicted octanol–water partition coefficient (Wildman–Crippen LogP) is 3.58. The topological polar surface area (TPSA) is 73.4 Å². The first-order chi connectivity index (χ1) is 14.1. The van der Waals surface area contributed by atoms with Gasteiger partial charge in [-0.25, -0.2) is 0 Å². The van der Waals surface area contributed by atoms with Gasteiger partial charge < -0.3 is 10.5 Å². The van der Waals surface area contributed by atoms with Crippen LogP contribution in [0.1, 0.15) is 18.4 Å². The van der Waals surface area contributed by atoms with Crippen molar-refractivity contribution >= 4 is 5.91 Å². The Bertz CT molecular complexity index is 966. The molecule has 1 saturated heterocycles. The van der Waals surface area contributed by atoms with Crippen LogP contribution in [0.4, 0.5) is 0 Å². The molecule has 1 aliphatic rings. The second kappa shape index (κ2) is 8.49. The van der Waals surface area contributed by atoms with Crippen LogP contribution in [0.3, 0.4) is 0 Å². The van der Waals surface area contributed by atoms with E-state index in [1.165, 1.54) is 0 Å². The van der Waals surface area contributed by atoms with E-state index in [9.17, 15) is 4.79 Å². The molecular weight excluding hydrogens is 364 g/mol. The molecule has 0 radical (unpaired) electrons. The van der Waals surface area contributed by atoms with Crippen LogP contribution < -0.4 is 10.5 Å². The minimum Gasteiger partial charge on any atom is -0.457 e. The predicted molar refractivity (Wildman–Crippen MR) is 112 cm³/mol. The molecule has 0 aliphatic carbocycles. The first-order valence-electron chi connectivity index (χ1n) is 9.96. The number of nitrogens with two attached hydrogens (primary N) is 1. The van der Waals surface area contributed by atoms with E-state index in [1.54, 1.807) is 0 Å². The Balaban J connectivity index is 1.50. The monoisotopic (exact) mass is 390 g/mol. The van der Waals surface area contributed by atoms with Gasteiger partial charge >= 0.3 is 0 Å². The van der Waals surface area contributed by atoms with Gasteiger partial charge in [-0.15, -0.1) is 0 Å². The summed E-state index contributed by atoms with van der Waals surface area (Å²) in [6.45, 7) is 2.45. The van der Waals surface area contributed by atoms with Crippen molar-refractivity contribution < 1.29 is 9.53 Å². The fourth-order valence-corrected chi connectivity index (χ4v) is 3.87. The minimum atomic E-state index is -0.199. The van der Waals surface area contributed by atoms with Crippen molar-refractivity contribution in [2.24, 2.45) is 18.7 Å². The summed E-state index contributed by atoms with van der Waals surface area (Å²) in [6.07, 6.45) is 3.93. The van der Waals surface area contributed by atoms with Gasteiger partial charge in [-0.05, 0) is 55.8 Å². The highest BCUT2D eigenvalue weighted by atomic mass is 16.5. The van der Waals surface area contributed by atoms with Crippen LogP contribution in [0.2, 0.25) is 0 Å². The van der Waals surface area contributed by atoms with Gasteiger partial charge in [0.2, 0.25) is 5.91 Å². The Morgan fingerprint density at radius 2 is 1.86 bits per heavy atom. The standard InChI is InChI=1S/C23H26N4O2/c1-26-14-19(16-27-13-5-6-18(15-27)23(24)28)22(25-26)17-9-11-21(12-10-17)29-20-7-3-2-4-8-20/h2-4,7-12,14,18H,5-6,13,15-16H2,1H3,(H2,24,28)/t18-/m1/s1. The lowest BCUT2D eigenvalue weighted by Crippen LogP contribution is -2.40. The van der Waals surface area contributed by atoms with E-state index in [1.807, 2.05) is 66.3 Å². The van der Waals surface area contributed by atoms with Crippen LogP contribution in [0.5, 0.6) is 11.5 Å². The molecule has 0 unspecified atom stereocenters. The van der Waals surface area contributed by atoms with Crippen LogP contribution in [-0.2, 0) is 18.4 Å². The lowest BCUT2D eigenvalue weighted by atomic mass is 9.97. The highest BCUT2D eigenvalue weighted by Crippen LogP contribution is 2.28. The molecule has 2 aromatic carbocycles. The maximum absolute atomic E-state index is 11.6. The van der Waals surface area contributed by atoms with Crippen LogP contribution in [0.25, 0.3) is 11.3 Å². The number of amides is 1. The molecule has 4 rings (SSSR count). The van der Waals surface area contributed by atoms with E-state index in [4.69, 9.17) is 10.5 Å². The van der Waals surface area contributed by atoms with Crippen molar-refractivity contribution in [2.45, 2.75) is 19.4 Å². The number of carbonyl (C=O) groups is 1. The molecule has 6 heteroatoms. The smallest absolute Gasteiger partial charge is 0.221 e. The molecular formula is C23H26N4O2. The van der Waals surface area contributed by atoms with Crippen molar-refractivity contribution in [1.29, 1.82) is 0 Å². The summed E-state index contributed by atoms with van der Waals surface area (Å²) in [5.41, 5.74) is 8.67. The quantitative estimate of drug-likeness (QED) is 0.698. The SMILES string of the molecule is Cn1cc(CN2CCC[C@@H](C(N)=O)C2)c(-c2ccc(Oc3ccccc3)cc2)n1. The Hall–Kier alpha value is -3.12.